The second kappa shape index (κ2) is 7.43. The summed E-state index contributed by atoms with van der Waals surface area (Å²) in [6.07, 6.45) is 2.10. The highest BCUT2D eigenvalue weighted by molar-refractivity contribution is 5.93. The Kier molecular flexibility index (Phi) is 6.04. The van der Waals surface area contributed by atoms with Crippen molar-refractivity contribution in [2.45, 2.75) is 13.8 Å². The average Bonchev–Trinajstić information content (AvgIpc) is 2.21. The van der Waals surface area contributed by atoms with Crippen molar-refractivity contribution in [3.63, 3.8) is 0 Å². The third-order valence-corrected chi connectivity index (χ3v) is 2.26. The molecule has 0 aromatic heterocycles. The molecule has 0 aliphatic carbocycles. The van der Waals surface area contributed by atoms with Crippen molar-refractivity contribution in [3.8, 4) is 0 Å². The zero-order valence-electron chi connectivity index (χ0n) is 9.77. The van der Waals surface area contributed by atoms with Crippen LogP contribution in [-0.2, 0) is 0 Å². The SMILES string of the molecule is CC1=CC(C)=NCCNCCNCCN1. The van der Waals surface area contributed by atoms with Gasteiger partial charge in [-0.2, -0.15) is 0 Å². The van der Waals surface area contributed by atoms with Crippen LogP contribution >= 0.6 is 0 Å². The van der Waals surface area contributed by atoms with Crippen LogP contribution in [0.15, 0.2) is 16.8 Å². The summed E-state index contributed by atoms with van der Waals surface area (Å²) in [6.45, 7) is 9.95. The number of nitrogens with one attached hydrogen (secondary N) is 3. The van der Waals surface area contributed by atoms with Crippen LogP contribution in [0.4, 0.5) is 0 Å². The van der Waals surface area contributed by atoms with Crippen LogP contribution in [-0.4, -0.2) is 45.0 Å². The molecule has 1 heterocycles. The Labute approximate surface area is 92.2 Å². The fraction of sp³-hybridized carbons (Fsp3) is 0.727. The van der Waals surface area contributed by atoms with E-state index in [-0.39, 0.29) is 0 Å². The van der Waals surface area contributed by atoms with Gasteiger partial charge in [-0.1, -0.05) is 0 Å². The molecule has 4 nitrogen and oxygen atoms in total. The van der Waals surface area contributed by atoms with E-state index in [0.29, 0.717) is 0 Å². The van der Waals surface area contributed by atoms with Gasteiger partial charge in [0.05, 0.1) is 6.54 Å². The molecule has 0 aromatic rings. The number of allylic oxidation sites excluding steroid dienone is 2. The predicted octanol–water partition coefficient (Wildman–Crippen LogP) is 0.134. The Hall–Kier alpha value is -0.870. The molecular formula is C11H22N4. The molecule has 15 heavy (non-hydrogen) atoms. The van der Waals surface area contributed by atoms with Crippen molar-refractivity contribution in [3.05, 3.63) is 11.8 Å². The van der Waals surface area contributed by atoms with Gasteiger partial charge in [-0.25, -0.2) is 0 Å². The molecule has 0 spiro atoms. The third-order valence-electron chi connectivity index (χ3n) is 2.26. The maximum absolute atomic E-state index is 4.46. The van der Waals surface area contributed by atoms with Crippen LogP contribution in [0, 0.1) is 0 Å². The second-order valence-corrected chi connectivity index (χ2v) is 3.78. The molecule has 3 N–H and O–H groups in total. The van der Waals surface area contributed by atoms with Gasteiger partial charge in [-0.15, -0.1) is 0 Å². The van der Waals surface area contributed by atoms with E-state index < -0.39 is 0 Å². The molecule has 0 unspecified atom stereocenters. The van der Waals surface area contributed by atoms with E-state index in [1.807, 2.05) is 6.92 Å². The quantitative estimate of drug-likeness (QED) is 0.533. The van der Waals surface area contributed by atoms with Gasteiger partial charge in [0.2, 0.25) is 0 Å². The first-order valence-electron chi connectivity index (χ1n) is 5.63. The molecule has 1 aliphatic rings. The topological polar surface area (TPSA) is 48.5 Å². The van der Waals surface area contributed by atoms with E-state index in [2.05, 4.69) is 33.9 Å². The molecule has 86 valence electrons. The van der Waals surface area contributed by atoms with Crippen LogP contribution in [0.2, 0.25) is 0 Å². The summed E-state index contributed by atoms with van der Waals surface area (Å²) in [7, 11) is 0. The molecule has 0 amide bonds. The largest absolute Gasteiger partial charge is 0.387 e. The van der Waals surface area contributed by atoms with Gasteiger partial charge in [0.15, 0.2) is 0 Å². The summed E-state index contributed by atoms with van der Waals surface area (Å²) in [5.41, 5.74) is 2.28. The summed E-state index contributed by atoms with van der Waals surface area (Å²) in [6, 6.07) is 0. The van der Waals surface area contributed by atoms with E-state index in [1.54, 1.807) is 0 Å². The Bertz CT molecular complexity index is 233. The lowest BCUT2D eigenvalue weighted by atomic mass is 10.3. The summed E-state index contributed by atoms with van der Waals surface area (Å²) in [4.78, 5) is 4.46. The fourth-order valence-electron chi connectivity index (χ4n) is 1.50. The maximum Gasteiger partial charge on any atom is 0.0517 e. The molecule has 4 heteroatoms. The fourth-order valence-corrected chi connectivity index (χ4v) is 1.50. The van der Waals surface area contributed by atoms with Crippen molar-refractivity contribution >= 4 is 5.71 Å². The van der Waals surface area contributed by atoms with Crippen LogP contribution in [0.25, 0.3) is 0 Å². The lowest BCUT2D eigenvalue weighted by molar-refractivity contribution is 0.604. The smallest absolute Gasteiger partial charge is 0.0517 e. The van der Waals surface area contributed by atoms with Gasteiger partial charge in [-0.3, -0.25) is 4.99 Å². The van der Waals surface area contributed by atoms with E-state index >= 15 is 0 Å². The van der Waals surface area contributed by atoms with Crippen LogP contribution < -0.4 is 16.0 Å². The van der Waals surface area contributed by atoms with Gasteiger partial charge in [0, 0.05) is 44.1 Å². The minimum absolute atomic E-state index is 0.857. The van der Waals surface area contributed by atoms with Crippen molar-refractivity contribution in [2.75, 3.05) is 39.3 Å². The molecule has 0 saturated heterocycles. The van der Waals surface area contributed by atoms with E-state index in [4.69, 9.17) is 0 Å². The Morgan fingerprint density at radius 3 is 2.47 bits per heavy atom. The van der Waals surface area contributed by atoms with E-state index in [0.717, 1.165) is 45.0 Å². The van der Waals surface area contributed by atoms with Crippen LogP contribution in [0.3, 0.4) is 0 Å². The minimum atomic E-state index is 0.857. The molecular weight excluding hydrogens is 188 g/mol. The third kappa shape index (κ3) is 6.25. The molecule has 0 bridgehead atoms. The molecule has 1 aliphatic heterocycles. The highest BCUT2D eigenvalue weighted by Gasteiger charge is 1.93. The second-order valence-electron chi connectivity index (χ2n) is 3.78. The number of hydrogen-bond donors (Lipinski definition) is 3. The van der Waals surface area contributed by atoms with Crippen molar-refractivity contribution < 1.29 is 0 Å². The van der Waals surface area contributed by atoms with Crippen molar-refractivity contribution in [1.29, 1.82) is 0 Å². The van der Waals surface area contributed by atoms with E-state index in [9.17, 15) is 0 Å². The van der Waals surface area contributed by atoms with Gasteiger partial charge in [0.25, 0.3) is 0 Å². The lowest BCUT2D eigenvalue weighted by Crippen LogP contribution is -2.32. The highest BCUT2D eigenvalue weighted by Crippen LogP contribution is 1.89. The molecule has 0 aromatic carbocycles. The normalized spacial score (nSPS) is 21.2. The average molecular weight is 210 g/mol. The van der Waals surface area contributed by atoms with Gasteiger partial charge in [0.1, 0.15) is 0 Å². The van der Waals surface area contributed by atoms with Crippen LogP contribution in [0.5, 0.6) is 0 Å². The standard InChI is InChI=1S/C11H22N4/c1-10-9-11(2)15-8-6-13-4-3-12-5-7-14-10/h9,12-14H,3-8H2,1-2H3. The van der Waals surface area contributed by atoms with Gasteiger partial charge < -0.3 is 16.0 Å². The van der Waals surface area contributed by atoms with Gasteiger partial charge in [-0.05, 0) is 19.9 Å². The Morgan fingerprint density at radius 1 is 1.00 bits per heavy atom. The first kappa shape index (κ1) is 12.2. The molecule has 0 fully saturated rings. The van der Waals surface area contributed by atoms with Crippen molar-refractivity contribution in [2.24, 2.45) is 4.99 Å². The number of nitrogens with zero attached hydrogens (tertiary/aromatic N) is 1. The minimum Gasteiger partial charge on any atom is -0.387 e. The van der Waals surface area contributed by atoms with E-state index in [1.165, 1.54) is 5.70 Å². The maximum atomic E-state index is 4.46. The number of rotatable bonds is 0. The Balaban J connectivity index is 2.45. The lowest BCUT2D eigenvalue weighted by Gasteiger charge is -2.07. The summed E-state index contributed by atoms with van der Waals surface area (Å²) >= 11 is 0. The first-order chi connectivity index (χ1) is 7.29. The zero-order chi connectivity index (χ0) is 10.9. The first-order valence-corrected chi connectivity index (χ1v) is 5.63. The Morgan fingerprint density at radius 2 is 1.67 bits per heavy atom. The molecule has 0 saturated carbocycles. The van der Waals surface area contributed by atoms with Crippen molar-refractivity contribution in [1.82, 2.24) is 16.0 Å². The van der Waals surface area contributed by atoms with Gasteiger partial charge >= 0.3 is 0 Å². The zero-order valence-corrected chi connectivity index (χ0v) is 9.77. The monoisotopic (exact) mass is 210 g/mol. The summed E-state index contributed by atoms with van der Waals surface area (Å²) < 4.78 is 0. The predicted molar refractivity (Wildman–Crippen MR) is 65.5 cm³/mol. The number of hydrogen-bond acceptors (Lipinski definition) is 4. The molecule has 1 rings (SSSR count). The summed E-state index contributed by atoms with van der Waals surface area (Å²) in [5.74, 6) is 0. The van der Waals surface area contributed by atoms with Crippen LogP contribution in [0.1, 0.15) is 13.8 Å². The molecule has 0 atom stereocenters. The highest BCUT2D eigenvalue weighted by atomic mass is 15.0. The summed E-state index contributed by atoms with van der Waals surface area (Å²) in [5, 5.41) is 10.1. The number of aliphatic imine (C=N–C) groups is 1. The molecule has 0 radical (unpaired) electrons.